The van der Waals surface area contributed by atoms with Gasteiger partial charge in [-0.2, -0.15) is 0 Å². The molecule has 2 nitrogen and oxygen atoms in total. The molecule has 0 aromatic carbocycles. The molecule has 0 saturated heterocycles. The van der Waals surface area contributed by atoms with E-state index in [1.807, 2.05) is 6.92 Å². The minimum Gasteiger partial charge on any atom is -0.466 e. The fraction of sp³-hybridized carbons (Fsp3) is 0.923. The highest BCUT2D eigenvalue weighted by Crippen LogP contribution is 2.19. The van der Waals surface area contributed by atoms with Gasteiger partial charge in [-0.1, -0.05) is 46.5 Å². The van der Waals surface area contributed by atoms with Gasteiger partial charge in [-0.25, -0.2) is 0 Å². The summed E-state index contributed by atoms with van der Waals surface area (Å²) in [6.07, 6.45) is 7.46. The number of ether oxygens (including phenoxy) is 1. The van der Waals surface area contributed by atoms with Crippen LogP contribution in [0.3, 0.4) is 0 Å². The van der Waals surface area contributed by atoms with E-state index >= 15 is 0 Å². The lowest BCUT2D eigenvalue weighted by Gasteiger charge is -2.14. The van der Waals surface area contributed by atoms with Gasteiger partial charge in [0.25, 0.3) is 0 Å². The van der Waals surface area contributed by atoms with Gasteiger partial charge in [-0.05, 0) is 18.8 Å². The van der Waals surface area contributed by atoms with Crippen molar-refractivity contribution in [2.75, 3.05) is 6.61 Å². The van der Waals surface area contributed by atoms with Crippen molar-refractivity contribution in [3.05, 3.63) is 0 Å². The Morgan fingerprint density at radius 3 is 2.33 bits per heavy atom. The van der Waals surface area contributed by atoms with E-state index in [-0.39, 0.29) is 5.97 Å². The largest absolute Gasteiger partial charge is 0.466 e. The van der Waals surface area contributed by atoms with E-state index in [1.54, 1.807) is 0 Å². The van der Waals surface area contributed by atoms with Gasteiger partial charge in [-0.15, -0.1) is 0 Å². The Labute approximate surface area is 94.4 Å². The molecule has 0 aliphatic heterocycles. The molecule has 90 valence electrons. The Morgan fingerprint density at radius 2 is 1.80 bits per heavy atom. The summed E-state index contributed by atoms with van der Waals surface area (Å²) in [6.45, 7) is 6.97. The predicted molar refractivity (Wildman–Crippen MR) is 63.8 cm³/mol. The van der Waals surface area contributed by atoms with Crippen molar-refractivity contribution in [2.45, 2.75) is 65.7 Å². The molecule has 0 rings (SSSR count). The Bertz CT molecular complexity index is 155. The van der Waals surface area contributed by atoms with E-state index in [1.165, 1.54) is 19.3 Å². The molecule has 0 fully saturated rings. The van der Waals surface area contributed by atoms with Gasteiger partial charge < -0.3 is 4.74 Å². The van der Waals surface area contributed by atoms with Gasteiger partial charge in [0.05, 0.1) is 6.61 Å². The van der Waals surface area contributed by atoms with Gasteiger partial charge in [0, 0.05) is 6.42 Å². The first-order chi connectivity index (χ1) is 7.24. The quantitative estimate of drug-likeness (QED) is 0.543. The van der Waals surface area contributed by atoms with Crippen LogP contribution in [0.4, 0.5) is 0 Å². The molecule has 0 saturated carbocycles. The van der Waals surface area contributed by atoms with E-state index in [2.05, 4.69) is 13.8 Å². The molecule has 2 heteroatoms. The molecule has 15 heavy (non-hydrogen) atoms. The van der Waals surface area contributed by atoms with Crippen LogP contribution in [0.15, 0.2) is 0 Å². The molecular weight excluding hydrogens is 188 g/mol. The number of hydrogen-bond acceptors (Lipinski definition) is 2. The topological polar surface area (TPSA) is 26.3 Å². The third kappa shape index (κ3) is 8.46. The van der Waals surface area contributed by atoms with Crippen LogP contribution in [0.1, 0.15) is 65.7 Å². The van der Waals surface area contributed by atoms with Crippen molar-refractivity contribution in [3.8, 4) is 0 Å². The number of rotatable bonds is 9. The standard InChI is InChI=1S/C13H26O2/c1-4-7-9-12(8-5-2)11-13(14)15-10-6-3/h12H,4-11H2,1-3H3. The van der Waals surface area contributed by atoms with E-state index in [4.69, 9.17) is 4.74 Å². The van der Waals surface area contributed by atoms with Crippen molar-refractivity contribution < 1.29 is 9.53 Å². The maximum absolute atomic E-state index is 11.4. The average molecular weight is 214 g/mol. The maximum Gasteiger partial charge on any atom is 0.306 e. The highest BCUT2D eigenvalue weighted by atomic mass is 16.5. The number of unbranched alkanes of at least 4 members (excludes halogenated alkanes) is 1. The summed E-state index contributed by atoms with van der Waals surface area (Å²) in [5, 5.41) is 0. The summed E-state index contributed by atoms with van der Waals surface area (Å²) in [5.41, 5.74) is 0. The van der Waals surface area contributed by atoms with Gasteiger partial charge in [0.2, 0.25) is 0 Å². The molecule has 1 atom stereocenters. The Kier molecular flexibility index (Phi) is 9.65. The fourth-order valence-corrected chi connectivity index (χ4v) is 1.76. The molecule has 1 unspecified atom stereocenters. The highest BCUT2D eigenvalue weighted by molar-refractivity contribution is 5.69. The molecule has 0 heterocycles. The lowest BCUT2D eigenvalue weighted by Crippen LogP contribution is -2.12. The monoisotopic (exact) mass is 214 g/mol. The fourth-order valence-electron chi connectivity index (χ4n) is 1.76. The SMILES string of the molecule is CCCCC(CCC)CC(=O)OCCC. The first kappa shape index (κ1) is 14.5. The van der Waals surface area contributed by atoms with Crippen LogP contribution < -0.4 is 0 Å². The molecule has 0 amide bonds. The normalized spacial score (nSPS) is 12.5. The number of carbonyl (C=O) groups excluding carboxylic acids is 1. The van der Waals surface area contributed by atoms with Crippen molar-refractivity contribution in [3.63, 3.8) is 0 Å². The summed E-state index contributed by atoms with van der Waals surface area (Å²) in [4.78, 5) is 11.4. The Balaban J connectivity index is 3.76. The number of esters is 1. The van der Waals surface area contributed by atoms with Crippen molar-refractivity contribution in [1.82, 2.24) is 0 Å². The van der Waals surface area contributed by atoms with Crippen LogP contribution >= 0.6 is 0 Å². The van der Waals surface area contributed by atoms with E-state index < -0.39 is 0 Å². The van der Waals surface area contributed by atoms with Crippen molar-refractivity contribution in [1.29, 1.82) is 0 Å². The van der Waals surface area contributed by atoms with E-state index in [0.29, 0.717) is 18.9 Å². The Hall–Kier alpha value is -0.530. The summed E-state index contributed by atoms with van der Waals surface area (Å²) in [6, 6.07) is 0. The number of hydrogen-bond donors (Lipinski definition) is 0. The predicted octanol–water partition coefficient (Wildman–Crippen LogP) is 3.94. The lowest BCUT2D eigenvalue weighted by atomic mass is 9.94. The second kappa shape index (κ2) is 10.0. The molecule has 0 aliphatic rings. The Morgan fingerprint density at radius 1 is 1.07 bits per heavy atom. The molecule has 0 aromatic heterocycles. The van der Waals surface area contributed by atoms with Crippen molar-refractivity contribution in [2.24, 2.45) is 5.92 Å². The zero-order chi connectivity index (χ0) is 11.5. The molecule has 0 aromatic rings. The molecule has 0 bridgehead atoms. The van der Waals surface area contributed by atoms with Crippen molar-refractivity contribution >= 4 is 5.97 Å². The van der Waals surface area contributed by atoms with Gasteiger partial charge in [-0.3, -0.25) is 4.79 Å². The third-order valence-electron chi connectivity index (χ3n) is 2.59. The van der Waals surface area contributed by atoms with Gasteiger partial charge >= 0.3 is 5.97 Å². The zero-order valence-corrected chi connectivity index (χ0v) is 10.6. The summed E-state index contributed by atoms with van der Waals surface area (Å²) < 4.78 is 5.11. The highest BCUT2D eigenvalue weighted by Gasteiger charge is 2.13. The minimum atomic E-state index is -0.00796. The minimum absolute atomic E-state index is 0.00796. The first-order valence-corrected chi connectivity index (χ1v) is 6.40. The van der Waals surface area contributed by atoms with Crippen LogP contribution in [0.25, 0.3) is 0 Å². The summed E-state index contributed by atoms with van der Waals surface area (Å²) >= 11 is 0. The van der Waals surface area contributed by atoms with Crippen LogP contribution in [0.5, 0.6) is 0 Å². The first-order valence-electron chi connectivity index (χ1n) is 6.40. The third-order valence-corrected chi connectivity index (χ3v) is 2.59. The zero-order valence-electron chi connectivity index (χ0n) is 10.6. The van der Waals surface area contributed by atoms with E-state index in [9.17, 15) is 4.79 Å². The molecule has 0 N–H and O–H groups in total. The second-order valence-corrected chi connectivity index (χ2v) is 4.22. The summed E-state index contributed by atoms with van der Waals surface area (Å²) in [7, 11) is 0. The molecule has 0 radical (unpaired) electrons. The molecule has 0 spiro atoms. The average Bonchev–Trinajstić information content (AvgIpc) is 2.23. The van der Waals surface area contributed by atoms with Gasteiger partial charge in [0.1, 0.15) is 0 Å². The molecule has 0 aliphatic carbocycles. The van der Waals surface area contributed by atoms with Crippen LogP contribution in [0.2, 0.25) is 0 Å². The maximum atomic E-state index is 11.4. The van der Waals surface area contributed by atoms with E-state index in [0.717, 1.165) is 19.3 Å². The summed E-state index contributed by atoms with van der Waals surface area (Å²) in [5.74, 6) is 0.533. The molecular formula is C13H26O2. The number of carbonyl (C=O) groups is 1. The smallest absolute Gasteiger partial charge is 0.306 e. The van der Waals surface area contributed by atoms with Crippen LogP contribution in [-0.2, 0) is 9.53 Å². The van der Waals surface area contributed by atoms with Crippen LogP contribution in [0, 0.1) is 5.92 Å². The van der Waals surface area contributed by atoms with Gasteiger partial charge in [0.15, 0.2) is 0 Å². The lowest BCUT2D eigenvalue weighted by molar-refractivity contribution is -0.144. The second-order valence-electron chi connectivity index (χ2n) is 4.22. The van der Waals surface area contributed by atoms with Crippen LogP contribution in [-0.4, -0.2) is 12.6 Å².